The van der Waals surface area contributed by atoms with Crippen LogP contribution in [0.4, 0.5) is 0 Å². The van der Waals surface area contributed by atoms with Crippen LogP contribution in [0.2, 0.25) is 0 Å². The Morgan fingerprint density at radius 1 is 1.19 bits per heavy atom. The summed E-state index contributed by atoms with van der Waals surface area (Å²) in [5, 5.41) is 0. The van der Waals surface area contributed by atoms with Crippen LogP contribution < -0.4 is 0 Å². The molecule has 16 heavy (non-hydrogen) atoms. The van der Waals surface area contributed by atoms with Crippen LogP contribution in [0.1, 0.15) is 44.7 Å². The molecule has 0 fully saturated rings. The van der Waals surface area contributed by atoms with Gasteiger partial charge in [-0.15, -0.1) is 0 Å². The van der Waals surface area contributed by atoms with Crippen LogP contribution in [0.15, 0.2) is 22.9 Å². The van der Waals surface area contributed by atoms with Crippen LogP contribution in [0.5, 0.6) is 0 Å². The smallest absolute Gasteiger partial charge is 0.182 e. The molecule has 2 nitrogen and oxygen atoms in total. The molecule has 1 heterocycles. The first-order chi connectivity index (χ1) is 7.59. The Hall–Kier alpha value is -1.31. The summed E-state index contributed by atoms with van der Waals surface area (Å²) in [6.45, 7) is 8.81. The fraction of sp³-hybridized carbons (Fsp3) is 0.500. The Labute approximate surface area is 96.7 Å². The lowest BCUT2D eigenvalue weighted by atomic mass is 9.96. The van der Waals surface area contributed by atoms with Crippen molar-refractivity contribution in [3.8, 4) is 0 Å². The molecule has 0 N–H and O–H groups in total. The van der Waals surface area contributed by atoms with E-state index in [1.807, 2.05) is 0 Å². The van der Waals surface area contributed by atoms with E-state index in [1.54, 1.807) is 6.39 Å². The first-order valence-electron chi connectivity index (χ1n) is 5.94. The topological polar surface area (TPSA) is 26.0 Å². The average molecular weight is 217 g/mol. The van der Waals surface area contributed by atoms with Gasteiger partial charge in [0.2, 0.25) is 0 Å². The highest BCUT2D eigenvalue weighted by Crippen LogP contribution is 2.28. The van der Waals surface area contributed by atoms with E-state index in [2.05, 4.69) is 44.8 Å². The third-order valence-electron chi connectivity index (χ3n) is 2.85. The summed E-state index contributed by atoms with van der Waals surface area (Å²) in [6, 6.07) is 4.37. The molecule has 0 radical (unpaired) electrons. The van der Waals surface area contributed by atoms with Crippen LogP contribution in [0.3, 0.4) is 0 Å². The van der Waals surface area contributed by atoms with Crippen molar-refractivity contribution < 1.29 is 4.42 Å². The van der Waals surface area contributed by atoms with Gasteiger partial charge in [0.25, 0.3) is 0 Å². The molecule has 0 aliphatic carbocycles. The average Bonchev–Trinajstić information content (AvgIpc) is 2.65. The van der Waals surface area contributed by atoms with E-state index in [0.29, 0.717) is 11.8 Å². The van der Waals surface area contributed by atoms with Crippen molar-refractivity contribution >= 4 is 11.1 Å². The lowest BCUT2D eigenvalue weighted by molar-refractivity contribution is 0.594. The van der Waals surface area contributed by atoms with Gasteiger partial charge in [-0.25, -0.2) is 4.98 Å². The quantitative estimate of drug-likeness (QED) is 0.772. The standard InChI is InChI=1S/C14H19NO/c1-9(2)7-11-5-6-12(10(3)4)14-13(11)15-8-16-14/h5-6,8-10H,7H2,1-4H3. The molecular weight excluding hydrogens is 198 g/mol. The molecule has 0 aliphatic rings. The zero-order valence-corrected chi connectivity index (χ0v) is 10.4. The molecule has 0 aliphatic heterocycles. The molecule has 86 valence electrons. The summed E-state index contributed by atoms with van der Waals surface area (Å²) in [5.41, 5.74) is 4.55. The summed E-state index contributed by atoms with van der Waals surface area (Å²) < 4.78 is 5.52. The minimum absolute atomic E-state index is 0.476. The Balaban J connectivity index is 2.55. The Kier molecular flexibility index (Phi) is 2.99. The number of nitrogens with zero attached hydrogens (tertiary/aromatic N) is 1. The molecule has 0 spiro atoms. The predicted octanol–water partition coefficient (Wildman–Crippen LogP) is 4.15. The van der Waals surface area contributed by atoms with Gasteiger partial charge in [-0.1, -0.05) is 39.8 Å². The molecule has 2 heteroatoms. The fourth-order valence-corrected chi connectivity index (χ4v) is 2.08. The number of hydrogen-bond acceptors (Lipinski definition) is 2. The Morgan fingerprint density at radius 2 is 1.94 bits per heavy atom. The summed E-state index contributed by atoms with van der Waals surface area (Å²) in [4.78, 5) is 4.35. The molecule has 2 aromatic rings. The molecular formula is C14H19NO. The van der Waals surface area contributed by atoms with E-state index in [4.69, 9.17) is 4.42 Å². The first kappa shape index (κ1) is 11.2. The largest absolute Gasteiger partial charge is 0.443 e. The van der Waals surface area contributed by atoms with Crippen molar-refractivity contribution in [2.24, 2.45) is 5.92 Å². The van der Waals surface area contributed by atoms with Crippen molar-refractivity contribution in [1.29, 1.82) is 0 Å². The highest BCUT2D eigenvalue weighted by molar-refractivity contribution is 5.80. The van der Waals surface area contributed by atoms with E-state index in [0.717, 1.165) is 17.5 Å². The second kappa shape index (κ2) is 4.28. The van der Waals surface area contributed by atoms with Crippen molar-refractivity contribution in [2.45, 2.75) is 40.0 Å². The van der Waals surface area contributed by atoms with Gasteiger partial charge in [0.15, 0.2) is 12.0 Å². The van der Waals surface area contributed by atoms with Crippen molar-refractivity contribution in [3.63, 3.8) is 0 Å². The lowest BCUT2D eigenvalue weighted by Gasteiger charge is -2.09. The summed E-state index contributed by atoms with van der Waals surface area (Å²) in [5.74, 6) is 1.12. The molecule has 0 saturated heterocycles. The van der Waals surface area contributed by atoms with Crippen molar-refractivity contribution in [1.82, 2.24) is 4.98 Å². The highest BCUT2D eigenvalue weighted by atomic mass is 16.3. The van der Waals surface area contributed by atoms with Crippen LogP contribution in [0, 0.1) is 5.92 Å². The van der Waals surface area contributed by atoms with E-state index in [-0.39, 0.29) is 0 Å². The number of rotatable bonds is 3. The van der Waals surface area contributed by atoms with Gasteiger partial charge in [-0.3, -0.25) is 0 Å². The molecule has 2 rings (SSSR count). The maximum atomic E-state index is 5.52. The lowest BCUT2D eigenvalue weighted by Crippen LogP contribution is -1.97. The maximum Gasteiger partial charge on any atom is 0.182 e. The van der Waals surface area contributed by atoms with Crippen molar-refractivity contribution in [3.05, 3.63) is 29.7 Å². The van der Waals surface area contributed by atoms with E-state index < -0.39 is 0 Å². The van der Waals surface area contributed by atoms with Gasteiger partial charge in [0.1, 0.15) is 5.52 Å². The first-order valence-corrected chi connectivity index (χ1v) is 5.94. The number of benzene rings is 1. The molecule has 0 bridgehead atoms. The minimum Gasteiger partial charge on any atom is -0.443 e. The molecule has 0 amide bonds. The van der Waals surface area contributed by atoms with Crippen LogP contribution in [-0.2, 0) is 6.42 Å². The van der Waals surface area contributed by atoms with Gasteiger partial charge in [0, 0.05) is 0 Å². The van der Waals surface area contributed by atoms with E-state index >= 15 is 0 Å². The minimum atomic E-state index is 0.476. The van der Waals surface area contributed by atoms with Gasteiger partial charge in [0.05, 0.1) is 0 Å². The van der Waals surface area contributed by atoms with E-state index in [1.165, 1.54) is 11.1 Å². The van der Waals surface area contributed by atoms with Crippen LogP contribution in [-0.4, -0.2) is 4.98 Å². The molecule has 1 aromatic heterocycles. The predicted molar refractivity (Wildman–Crippen MR) is 66.6 cm³/mol. The SMILES string of the molecule is CC(C)Cc1ccc(C(C)C)c2ocnc12. The zero-order valence-electron chi connectivity index (χ0n) is 10.4. The molecule has 1 aromatic carbocycles. The normalized spacial score (nSPS) is 11.9. The second-order valence-electron chi connectivity index (χ2n) is 5.10. The third-order valence-corrected chi connectivity index (χ3v) is 2.85. The fourth-order valence-electron chi connectivity index (χ4n) is 2.08. The molecule has 0 saturated carbocycles. The highest BCUT2D eigenvalue weighted by Gasteiger charge is 2.13. The Morgan fingerprint density at radius 3 is 2.56 bits per heavy atom. The second-order valence-corrected chi connectivity index (χ2v) is 5.10. The van der Waals surface area contributed by atoms with Gasteiger partial charge in [-0.05, 0) is 29.4 Å². The number of fused-ring (bicyclic) bond motifs is 1. The van der Waals surface area contributed by atoms with Gasteiger partial charge in [-0.2, -0.15) is 0 Å². The zero-order chi connectivity index (χ0) is 11.7. The van der Waals surface area contributed by atoms with Gasteiger partial charge < -0.3 is 4.42 Å². The summed E-state index contributed by atoms with van der Waals surface area (Å²) >= 11 is 0. The summed E-state index contributed by atoms with van der Waals surface area (Å²) in [6.07, 6.45) is 2.61. The van der Waals surface area contributed by atoms with E-state index in [9.17, 15) is 0 Å². The Bertz CT molecular complexity index is 482. The third kappa shape index (κ3) is 1.97. The van der Waals surface area contributed by atoms with Gasteiger partial charge >= 0.3 is 0 Å². The van der Waals surface area contributed by atoms with Crippen molar-refractivity contribution in [2.75, 3.05) is 0 Å². The summed E-state index contributed by atoms with van der Waals surface area (Å²) in [7, 11) is 0. The number of aromatic nitrogens is 1. The van der Waals surface area contributed by atoms with Crippen LogP contribution in [0.25, 0.3) is 11.1 Å². The molecule has 0 unspecified atom stereocenters. The maximum absolute atomic E-state index is 5.52. The van der Waals surface area contributed by atoms with Crippen LogP contribution >= 0.6 is 0 Å². The number of oxazole rings is 1. The number of hydrogen-bond donors (Lipinski definition) is 0. The monoisotopic (exact) mass is 217 g/mol. The molecule has 0 atom stereocenters.